The van der Waals surface area contributed by atoms with Crippen molar-refractivity contribution in [1.82, 2.24) is 4.57 Å². The lowest BCUT2D eigenvalue weighted by atomic mass is 10.2. The van der Waals surface area contributed by atoms with E-state index in [0.29, 0.717) is 10.7 Å². The van der Waals surface area contributed by atoms with Crippen LogP contribution >= 0.6 is 27.5 Å². The molecule has 5 aromatic rings. The number of benzene rings is 4. The molecule has 8 heteroatoms. The van der Waals surface area contributed by atoms with Gasteiger partial charge in [0, 0.05) is 31.3 Å². The van der Waals surface area contributed by atoms with Gasteiger partial charge in [-0.1, -0.05) is 63.9 Å². The van der Waals surface area contributed by atoms with Crippen molar-refractivity contribution in [2.75, 3.05) is 10.8 Å². The molecule has 0 aliphatic carbocycles. The molecule has 178 valence electrons. The number of sulfonamides is 1. The van der Waals surface area contributed by atoms with Crippen LogP contribution < -0.4 is 4.31 Å². The number of rotatable bonds is 7. The Bertz CT molecular complexity index is 1550. The fraction of sp³-hybridized carbons (Fsp3) is 0.111. The molecular formula is C27H22BrClN2O3S. The molecule has 0 saturated heterocycles. The molecule has 0 aliphatic heterocycles. The van der Waals surface area contributed by atoms with E-state index in [0.717, 1.165) is 26.3 Å². The normalized spacial score (nSPS) is 12.8. The monoisotopic (exact) mass is 568 g/mol. The highest BCUT2D eigenvalue weighted by molar-refractivity contribution is 9.10. The molecule has 0 amide bonds. The number of hydrogen-bond donors (Lipinski definition) is 1. The third-order valence-electron chi connectivity index (χ3n) is 5.97. The van der Waals surface area contributed by atoms with Gasteiger partial charge in [0.15, 0.2) is 0 Å². The lowest BCUT2D eigenvalue weighted by Gasteiger charge is -2.27. The summed E-state index contributed by atoms with van der Waals surface area (Å²) in [6.07, 6.45) is -0.972. The lowest BCUT2D eigenvalue weighted by molar-refractivity contribution is 0.166. The second kappa shape index (κ2) is 9.66. The van der Waals surface area contributed by atoms with Gasteiger partial charge in [0.2, 0.25) is 0 Å². The number of aliphatic hydroxyl groups excluding tert-OH is 1. The van der Waals surface area contributed by atoms with Crippen LogP contribution in [0.4, 0.5) is 5.69 Å². The van der Waals surface area contributed by atoms with Gasteiger partial charge in [0.05, 0.1) is 29.8 Å². The van der Waals surface area contributed by atoms with Crippen LogP contribution in [0.2, 0.25) is 5.02 Å². The van der Waals surface area contributed by atoms with Gasteiger partial charge in [0.25, 0.3) is 10.0 Å². The summed E-state index contributed by atoms with van der Waals surface area (Å²) in [5, 5.41) is 13.9. The Hall–Kier alpha value is -2.84. The van der Waals surface area contributed by atoms with Crippen LogP contribution in [0.25, 0.3) is 21.8 Å². The summed E-state index contributed by atoms with van der Waals surface area (Å²) in [6.45, 7) is 0.116. The van der Waals surface area contributed by atoms with Crippen molar-refractivity contribution in [1.29, 1.82) is 0 Å². The molecule has 0 spiro atoms. The minimum Gasteiger partial charge on any atom is -0.389 e. The molecule has 0 unspecified atom stereocenters. The molecular weight excluding hydrogens is 548 g/mol. The first-order chi connectivity index (χ1) is 16.8. The van der Waals surface area contributed by atoms with Crippen molar-refractivity contribution >= 4 is 65.0 Å². The lowest BCUT2D eigenvalue weighted by Crippen LogP contribution is -2.39. The molecule has 5 rings (SSSR count). The number of aromatic nitrogens is 1. The summed E-state index contributed by atoms with van der Waals surface area (Å²) < 4.78 is 31.4. The van der Waals surface area contributed by atoms with Crippen molar-refractivity contribution in [2.24, 2.45) is 0 Å². The third kappa shape index (κ3) is 4.69. The van der Waals surface area contributed by atoms with Gasteiger partial charge in [-0.05, 0) is 60.7 Å². The number of aliphatic hydroxyl groups is 1. The Morgan fingerprint density at radius 3 is 1.94 bits per heavy atom. The van der Waals surface area contributed by atoms with Crippen LogP contribution in [0.5, 0.6) is 0 Å². The Morgan fingerprint density at radius 1 is 0.829 bits per heavy atom. The Morgan fingerprint density at radius 2 is 1.37 bits per heavy atom. The predicted octanol–water partition coefficient (Wildman–Crippen LogP) is 6.47. The minimum absolute atomic E-state index is 0.105. The maximum atomic E-state index is 13.6. The van der Waals surface area contributed by atoms with Crippen molar-refractivity contribution in [3.63, 3.8) is 0 Å². The van der Waals surface area contributed by atoms with Gasteiger partial charge in [-0.2, -0.15) is 0 Å². The molecule has 0 saturated carbocycles. The molecule has 0 bridgehead atoms. The average Bonchev–Trinajstić information content (AvgIpc) is 3.17. The molecule has 0 aliphatic rings. The van der Waals surface area contributed by atoms with Crippen LogP contribution in [0.15, 0.2) is 106 Å². The Labute approximate surface area is 217 Å². The first-order valence-electron chi connectivity index (χ1n) is 11.0. The van der Waals surface area contributed by atoms with E-state index in [1.165, 1.54) is 16.4 Å². The highest BCUT2D eigenvalue weighted by Gasteiger charge is 2.28. The summed E-state index contributed by atoms with van der Waals surface area (Å²) >= 11 is 9.38. The second-order valence-electron chi connectivity index (χ2n) is 8.27. The highest BCUT2D eigenvalue weighted by Crippen LogP contribution is 2.30. The van der Waals surface area contributed by atoms with E-state index in [9.17, 15) is 13.5 Å². The molecule has 35 heavy (non-hydrogen) atoms. The van der Waals surface area contributed by atoms with Gasteiger partial charge in [-0.25, -0.2) is 8.42 Å². The van der Waals surface area contributed by atoms with Crippen molar-refractivity contribution in [3.05, 3.63) is 107 Å². The van der Waals surface area contributed by atoms with E-state index in [4.69, 9.17) is 11.6 Å². The van der Waals surface area contributed by atoms with Gasteiger partial charge in [0.1, 0.15) is 0 Å². The fourth-order valence-corrected chi connectivity index (χ4v) is 6.24. The van der Waals surface area contributed by atoms with Gasteiger partial charge in [-0.3, -0.25) is 4.31 Å². The first kappa shape index (κ1) is 23.9. The van der Waals surface area contributed by atoms with Crippen molar-refractivity contribution in [2.45, 2.75) is 17.5 Å². The van der Waals surface area contributed by atoms with Crippen LogP contribution in [0.1, 0.15) is 0 Å². The standard InChI is InChI=1S/C27H22BrClN2O3S/c28-19-9-13-21(14-10-19)31(35(33,34)23-15-11-20(29)12-16-23)18-22(32)17-30-26-7-3-1-5-24(26)25-6-2-4-8-27(25)30/h1-16,22,32H,17-18H2/t22-/m1/s1. The fourth-order valence-electron chi connectivity index (χ4n) is 4.34. The summed E-state index contributed by atoms with van der Waals surface area (Å²) in [6, 6.07) is 29.1. The maximum absolute atomic E-state index is 13.6. The minimum atomic E-state index is -3.95. The molecule has 1 aromatic heterocycles. The highest BCUT2D eigenvalue weighted by atomic mass is 79.9. The van der Waals surface area contributed by atoms with Crippen LogP contribution in [-0.4, -0.2) is 30.7 Å². The quantitative estimate of drug-likeness (QED) is 0.244. The van der Waals surface area contributed by atoms with Crippen LogP contribution in [-0.2, 0) is 16.6 Å². The first-order valence-corrected chi connectivity index (χ1v) is 13.6. The number of nitrogens with zero attached hydrogens (tertiary/aromatic N) is 2. The predicted molar refractivity (Wildman–Crippen MR) is 146 cm³/mol. The average molecular weight is 570 g/mol. The van der Waals surface area contributed by atoms with Gasteiger partial charge < -0.3 is 9.67 Å². The second-order valence-corrected chi connectivity index (χ2v) is 11.5. The van der Waals surface area contributed by atoms with E-state index in [-0.39, 0.29) is 18.0 Å². The number of para-hydroxylation sites is 2. The molecule has 1 N–H and O–H groups in total. The van der Waals surface area contributed by atoms with E-state index in [1.54, 1.807) is 36.4 Å². The molecule has 0 radical (unpaired) electrons. The SMILES string of the molecule is O=S(=O)(c1ccc(Cl)cc1)N(C[C@H](O)Cn1c2ccccc2c2ccccc21)c1ccc(Br)cc1. The number of anilines is 1. The Kier molecular flexibility index (Phi) is 6.59. The summed E-state index contributed by atoms with van der Waals surface area (Å²) in [5.74, 6) is 0. The largest absolute Gasteiger partial charge is 0.389 e. The van der Waals surface area contributed by atoms with Crippen molar-refractivity contribution < 1.29 is 13.5 Å². The van der Waals surface area contributed by atoms with Gasteiger partial charge >= 0.3 is 0 Å². The topological polar surface area (TPSA) is 62.5 Å². The van der Waals surface area contributed by atoms with Crippen molar-refractivity contribution in [3.8, 4) is 0 Å². The number of fused-ring (bicyclic) bond motifs is 3. The molecule has 1 atom stereocenters. The van der Waals surface area contributed by atoms with E-state index in [1.807, 2.05) is 41.0 Å². The number of hydrogen-bond acceptors (Lipinski definition) is 3. The summed E-state index contributed by atoms with van der Waals surface area (Å²) in [5.41, 5.74) is 2.44. The van der Waals surface area contributed by atoms with Crippen LogP contribution in [0, 0.1) is 0 Å². The van der Waals surface area contributed by atoms with E-state index < -0.39 is 16.1 Å². The molecule has 0 fully saturated rings. The smallest absolute Gasteiger partial charge is 0.264 e. The number of halogens is 2. The summed E-state index contributed by atoms with van der Waals surface area (Å²) in [7, 11) is -3.95. The molecule has 1 heterocycles. The zero-order valence-electron chi connectivity index (χ0n) is 18.6. The zero-order chi connectivity index (χ0) is 24.6. The summed E-state index contributed by atoms with van der Waals surface area (Å²) in [4.78, 5) is 0.105. The zero-order valence-corrected chi connectivity index (χ0v) is 21.7. The third-order valence-corrected chi connectivity index (χ3v) is 8.55. The van der Waals surface area contributed by atoms with E-state index in [2.05, 4.69) is 28.1 Å². The van der Waals surface area contributed by atoms with Crippen LogP contribution in [0.3, 0.4) is 0 Å². The maximum Gasteiger partial charge on any atom is 0.264 e. The molecule has 4 aromatic carbocycles. The van der Waals surface area contributed by atoms with E-state index >= 15 is 0 Å². The Balaban J connectivity index is 1.53. The van der Waals surface area contributed by atoms with Gasteiger partial charge in [-0.15, -0.1) is 0 Å². The molecule has 5 nitrogen and oxygen atoms in total.